The maximum Gasteiger partial charge on any atom is 0.275 e. The number of hydrogen-bond acceptors (Lipinski definition) is 4. The molecule has 0 radical (unpaired) electrons. The van der Waals surface area contributed by atoms with Crippen molar-refractivity contribution >= 4 is 5.69 Å². The van der Waals surface area contributed by atoms with Crippen molar-refractivity contribution < 1.29 is 18.4 Å². The topological polar surface area (TPSA) is 55.6 Å². The molecule has 0 spiro atoms. The highest BCUT2D eigenvalue weighted by Gasteiger charge is 2.47. The second-order valence-corrected chi connectivity index (χ2v) is 5.10. The molecule has 2 aliphatic rings. The lowest BCUT2D eigenvalue weighted by molar-refractivity contribution is -0.385. The van der Waals surface area contributed by atoms with E-state index in [0.29, 0.717) is 31.9 Å². The number of nitro groups is 1. The summed E-state index contributed by atoms with van der Waals surface area (Å²) in [6.45, 7) is 2.28. The number of benzene rings is 1. The zero-order chi connectivity index (χ0) is 14.3. The Hall–Kier alpha value is -1.60. The average molecular weight is 284 g/mol. The standard InChI is InChI=1S/C13H14F2N2O3/c14-13(15)8-12(16-3-5-20-6-4-16)10-2-1-9(17(18)19)7-11(10)13/h1-2,7,12H,3-6,8H2. The molecule has 1 heterocycles. The molecular formula is C13H14F2N2O3. The van der Waals surface area contributed by atoms with Crippen LogP contribution >= 0.6 is 0 Å². The number of non-ortho nitro benzene ring substituents is 1. The first-order valence-corrected chi connectivity index (χ1v) is 6.47. The summed E-state index contributed by atoms with van der Waals surface area (Å²) in [5, 5.41) is 10.7. The summed E-state index contributed by atoms with van der Waals surface area (Å²) in [6.07, 6.45) is -0.316. The molecule has 1 saturated heterocycles. The summed E-state index contributed by atoms with van der Waals surface area (Å²) in [6, 6.07) is 3.39. The molecule has 20 heavy (non-hydrogen) atoms. The molecular weight excluding hydrogens is 270 g/mol. The van der Waals surface area contributed by atoms with Crippen LogP contribution in [0.3, 0.4) is 0 Å². The van der Waals surface area contributed by atoms with Crippen LogP contribution in [-0.2, 0) is 10.7 Å². The van der Waals surface area contributed by atoms with Crippen LogP contribution in [0.1, 0.15) is 23.6 Å². The highest BCUT2D eigenvalue weighted by Crippen LogP contribution is 2.50. The van der Waals surface area contributed by atoms with Crippen molar-refractivity contribution in [2.75, 3.05) is 26.3 Å². The largest absolute Gasteiger partial charge is 0.379 e. The average Bonchev–Trinajstić information content (AvgIpc) is 2.71. The SMILES string of the molecule is O=[N+]([O-])c1ccc2c(c1)C(F)(F)CC2N1CCOCC1. The summed E-state index contributed by atoms with van der Waals surface area (Å²) >= 11 is 0. The van der Waals surface area contributed by atoms with Gasteiger partial charge in [0.1, 0.15) is 0 Å². The number of hydrogen-bond donors (Lipinski definition) is 0. The molecule has 0 N–H and O–H groups in total. The van der Waals surface area contributed by atoms with Crippen LogP contribution in [0.4, 0.5) is 14.5 Å². The fourth-order valence-electron chi connectivity index (χ4n) is 2.94. The second-order valence-electron chi connectivity index (χ2n) is 5.10. The van der Waals surface area contributed by atoms with E-state index in [-0.39, 0.29) is 23.7 Å². The number of morpholine rings is 1. The van der Waals surface area contributed by atoms with Crippen LogP contribution in [-0.4, -0.2) is 36.1 Å². The van der Waals surface area contributed by atoms with E-state index in [1.807, 2.05) is 4.90 Å². The first-order chi connectivity index (χ1) is 9.49. The summed E-state index contributed by atoms with van der Waals surface area (Å²) in [5.41, 5.74) is 0.0109. The summed E-state index contributed by atoms with van der Waals surface area (Å²) in [7, 11) is 0. The molecule has 5 nitrogen and oxygen atoms in total. The first-order valence-electron chi connectivity index (χ1n) is 6.47. The third-order valence-electron chi connectivity index (χ3n) is 3.94. The van der Waals surface area contributed by atoms with E-state index < -0.39 is 10.8 Å². The fraction of sp³-hybridized carbons (Fsp3) is 0.538. The van der Waals surface area contributed by atoms with E-state index in [1.165, 1.54) is 12.1 Å². The molecule has 0 bridgehead atoms. The minimum absolute atomic E-state index is 0.205. The van der Waals surface area contributed by atoms with Crippen LogP contribution in [0.15, 0.2) is 18.2 Å². The number of nitrogens with zero attached hydrogens (tertiary/aromatic N) is 2. The van der Waals surface area contributed by atoms with Gasteiger partial charge in [0, 0.05) is 43.2 Å². The highest BCUT2D eigenvalue weighted by molar-refractivity contribution is 5.46. The van der Waals surface area contributed by atoms with Gasteiger partial charge < -0.3 is 4.74 Å². The maximum atomic E-state index is 14.1. The van der Waals surface area contributed by atoms with Gasteiger partial charge >= 0.3 is 0 Å². The smallest absolute Gasteiger partial charge is 0.275 e. The quantitative estimate of drug-likeness (QED) is 0.618. The van der Waals surface area contributed by atoms with Crippen molar-refractivity contribution in [1.29, 1.82) is 0 Å². The highest BCUT2D eigenvalue weighted by atomic mass is 19.3. The van der Waals surface area contributed by atoms with E-state index in [0.717, 1.165) is 6.07 Å². The van der Waals surface area contributed by atoms with Crippen molar-refractivity contribution in [2.24, 2.45) is 0 Å². The molecule has 1 aromatic carbocycles. The molecule has 0 amide bonds. The van der Waals surface area contributed by atoms with Gasteiger partial charge in [-0.25, -0.2) is 8.78 Å². The molecule has 1 aliphatic carbocycles. The van der Waals surface area contributed by atoms with Crippen molar-refractivity contribution in [3.63, 3.8) is 0 Å². The Balaban J connectivity index is 1.97. The summed E-state index contributed by atoms with van der Waals surface area (Å²) in [5.74, 6) is -3.01. The predicted octanol–water partition coefficient (Wildman–Crippen LogP) is 2.46. The van der Waals surface area contributed by atoms with Crippen molar-refractivity contribution in [1.82, 2.24) is 4.90 Å². The van der Waals surface area contributed by atoms with Crippen LogP contribution in [0.25, 0.3) is 0 Å². The molecule has 0 saturated carbocycles. The van der Waals surface area contributed by atoms with Crippen LogP contribution in [0.5, 0.6) is 0 Å². The minimum Gasteiger partial charge on any atom is -0.379 e. The fourth-order valence-corrected chi connectivity index (χ4v) is 2.94. The summed E-state index contributed by atoms with van der Waals surface area (Å²) < 4.78 is 33.4. The lowest BCUT2D eigenvalue weighted by atomic mass is 10.1. The lowest BCUT2D eigenvalue weighted by Crippen LogP contribution is -2.38. The molecule has 3 rings (SSSR count). The number of halogens is 2. The van der Waals surface area contributed by atoms with E-state index >= 15 is 0 Å². The van der Waals surface area contributed by atoms with Gasteiger partial charge in [-0.05, 0) is 5.56 Å². The molecule has 0 aromatic heterocycles. The number of rotatable bonds is 2. The van der Waals surface area contributed by atoms with Gasteiger partial charge in [-0.1, -0.05) is 6.07 Å². The maximum absolute atomic E-state index is 14.1. The number of alkyl halides is 2. The van der Waals surface area contributed by atoms with Crippen molar-refractivity contribution in [3.8, 4) is 0 Å². The molecule has 1 unspecified atom stereocenters. The van der Waals surface area contributed by atoms with Gasteiger partial charge in [0.15, 0.2) is 0 Å². The molecule has 7 heteroatoms. The molecule has 1 atom stereocenters. The lowest BCUT2D eigenvalue weighted by Gasteiger charge is -2.32. The predicted molar refractivity (Wildman–Crippen MR) is 66.7 cm³/mol. The van der Waals surface area contributed by atoms with E-state index in [4.69, 9.17) is 4.74 Å². The Morgan fingerprint density at radius 1 is 1.35 bits per heavy atom. The number of nitro benzene ring substituents is 1. The first kappa shape index (κ1) is 13.4. The van der Waals surface area contributed by atoms with Gasteiger partial charge in [0.25, 0.3) is 11.6 Å². The Kier molecular flexibility index (Phi) is 3.18. The second kappa shape index (κ2) is 4.75. The normalized spacial score (nSPS) is 25.4. The third kappa shape index (κ3) is 2.16. The Morgan fingerprint density at radius 2 is 2.05 bits per heavy atom. The third-order valence-corrected chi connectivity index (χ3v) is 3.94. The molecule has 1 aromatic rings. The van der Waals surface area contributed by atoms with Gasteiger partial charge in [-0.2, -0.15) is 0 Å². The summed E-state index contributed by atoms with van der Waals surface area (Å²) in [4.78, 5) is 12.1. The minimum atomic E-state index is -3.01. The van der Waals surface area contributed by atoms with E-state index in [2.05, 4.69) is 0 Å². The Bertz CT molecular complexity index is 544. The number of ether oxygens (including phenoxy) is 1. The molecule has 108 valence electrons. The zero-order valence-electron chi connectivity index (χ0n) is 10.7. The van der Waals surface area contributed by atoms with Crippen LogP contribution in [0.2, 0.25) is 0 Å². The Morgan fingerprint density at radius 3 is 2.70 bits per heavy atom. The number of fused-ring (bicyclic) bond motifs is 1. The Labute approximate surface area is 114 Å². The van der Waals surface area contributed by atoms with Gasteiger partial charge in [-0.15, -0.1) is 0 Å². The van der Waals surface area contributed by atoms with Crippen molar-refractivity contribution in [2.45, 2.75) is 18.4 Å². The monoisotopic (exact) mass is 284 g/mol. The van der Waals surface area contributed by atoms with Gasteiger partial charge in [0.2, 0.25) is 0 Å². The molecule has 1 fully saturated rings. The van der Waals surface area contributed by atoms with Crippen LogP contribution < -0.4 is 0 Å². The van der Waals surface area contributed by atoms with Crippen LogP contribution in [0, 0.1) is 10.1 Å². The van der Waals surface area contributed by atoms with Crippen molar-refractivity contribution in [3.05, 3.63) is 39.4 Å². The van der Waals surface area contributed by atoms with Gasteiger partial charge in [-0.3, -0.25) is 15.0 Å². The molecule has 1 aliphatic heterocycles. The van der Waals surface area contributed by atoms with Gasteiger partial charge in [0.05, 0.1) is 18.1 Å². The zero-order valence-corrected chi connectivity index (χ0v) is 10.7. The van der Waals surface area contributed by atoms with E-state index in [1.54, 1.807) is 0 Å². The van der Waals surface area contributed by atoms with E-state index in [9.17, 15) is 18.9 Å².